The van der Waals surface area contributed by atoms with Gasteiger partial charge in [0, 0.05) is 5.69 Å². The molecule has 0 unspecified atom stereocenters. The predicted octanol–water partition coefficient (Wildman–Crippen LogP) is 4.18. The third-order valence-electron chi connectivity index (χ3n) is 3.44. The van der Waals surface area contributed by atoms with E-state index >= 15 is 0 Å². The van der Waals surface area contributed by atoms with E-state index in [0.717, 1.165) is 5.75 Å². The third kappa shape index (κ3) is 7.52. The summed E-state index contributed by atoms with van der Waals surface area (Å²) in [6.07, 6.45) is 0.100. The van der Waals surface area contributed by atoms with E-state index in [-0.39, 0.29) is 29.4 Å². The van der Waals surface area contributed by atoms with Gasteiger partial charge in [-0.2, -0.15) is 0 Å². The normalized spacial score (nSPS) is 10.4. The molecule has 2 rings (SSSR count). The molecule has 0 fully saturated rings. The Morgan fingerprint density at radius 1 is 0.964 bits per heavy atom. The Morgan fingerprint density at radius 3 is 2.25 bits per heavy atom. The maximum Gasteiger partial charge on any atom is 0.234 e. The van der Waals surface area contributed by atoms with Crippen LogP contribution in [0, 0.1) is 0 Å². The van der Waals surface area contributed by atoms with Gasteiger partial charge in [0.25, 0.3) is 0 Å². The number of para-hydroxylation sites is 2. The van der Waals surface area contributed by atoms with Gasteiger partial charge in [0.15, 0.2) is 0 Å². The number of ether oxygens (including phenoxy) is 2. The fraction of sp³-hybridized carbons (Fsp3) is 0.333. The molecule has 6 nitrogen and oxygen atoms in total. The number of amides is 2. The van der Waals surface area contributed by atoms with Crippen LogP contribution >= 0.6 is 11.8 Å². The van der Waals surface area contributed by atoms with Crippen LogP contribution in [0.15, 0.2) is 48.5 Å². The first kappa shape index (κ1) is 21.6. The summed E-state index contributed by atoms with van der Waals surface area (Å²) in [7, 11) is 0. The SMILES string of the molecule is CCOc1ccccc1NC(=O)CSCC(=O)Nc1ccc(OC(C)C)cc1. The lowest BCUT2D eigenvalue weighted by atomic mass is 10.3. The van der Waals surface area contributed by atoms with Gasteiger partial charge in [0.05, 0.1) is 29.9 Å². The Morgan fingerprint density at radius 2 is 1.61 bits per heavy atom. The second-order valence-corrected chi connectivity index (χ2v) is 7.19. The highest BCUT2D eigenvalue weighted by Gasteiger charge is 2.09. The van der Waals surface area contributed by atoms with E-state index in [2.05, 4.69) is 10.6 Å². The second kappa shape index (κ2) is 11.2. The summed E-state index contributed by atoms with van der Waals surface area (Å²) < 4.78 is 11.0. The summed E-state index contributed by atoms with van der Waals surface area (Å²) in [5, 5.41) is 5.61. The molecule has 150 valence electrons. The number of rotatable bonds is 10. The molecule has 0 aliphatic rings. The van der Waals surface area contributed by atoms with Gasteiger partial charge >= 0.3 is 0 Å². The lowest BCUT2D eigenvalue weighted by molar-refractivity contribution is -0.114. The maximum atomic E-state index is 12.1. The van der Waals surface area contributed by atoms with Crippen molar-refractivity contribution in [3.63, 3.8) is 0 Å². The summed E-state index contributed by atoms with van der Waals surface area (Å²) in [6.45, 7) is 6.32. The van der Waals surface area contributed by atoms with Gasteiger partial charge in [-0.3, -0.25) is 9.59 Å². The number of thioether (sulfide) groups is 1. The molecule has 7 heteroatoms. The van der Waals surface area contributed by atoms with E-state index in [1.54, 1.807) is 24.3 Å². The highest BCUT2D eigenvalue weighted by Crippen LogP contribution is 2.24. The molecule has 0 aliphatic carbocycles. The van der Waals surface area contributed by atoms with Crippen LogP contribution in [0.1, 0.15) is 20.8 Å². The van der Waals surface area contributed by atoms with Crippen molar-refractivity contribution >= 4 is 35.0 Å². The molecule has 28 heavy (non-hydrogen) atoms. The van der Waals surface area contributed by atoms with Crippen LogP contribution in [0.25, 0.3) is 0 Å². The molecular formula is C21H26N2O4S. The van der Waals surface area contributed by atoms with Crippen molar-refractivity contribution < 1.29 is 19.1 Å². The molecule has 0 spiro atoms. The van der Waals surface area contributed by atoms with E-state index in [1.165, 1.54) is 11.8 Å². The Hall–Kier alpha value is -2.67. The van der Waals surface area contributed by atoms with Crippen molar-refractivity contribution in [3.8, 4) is 11.5 Å². The first-order chi connectivity index (χ1) is 13.5. The van der Waals surface area contributed by atoms with Crippen LogP contribution in [0.2, 0.25) is 0 Å². The van der Waals surface area contributed by atoms with E-state index in [0.29, 0.717) is 23.7 Å². The predicted molar refractivity (Wildman–Crippen MR) is 114 cm³/mol. The molecule has 0 aromatic heterocycles. The van der Waals surface area contributed by atoms with E-state index in [9.17, 15) is 9.59 Å². The highest BCUT2D eigenvalue weighted by molar-refractivity contribution is 8.00. The Kier molecular flexibility index (Phi) is 8.68. The second-order valence-electron chi connectivity index (χ2n) is 6.21. The van der Waals surface area contributed by atoms with E-state index in [1.807, 2.05) is 45.0 Å². The quantitative estimate of drug-likeness (QED) is 0.623. The fourth-order valence-electron chi connectivity index (χ4n) is 2.36. The van der Waals surface area contributed by atoms with Crippen LogP contribution < -0.4 is 20.1 Å². The number of hydrogen-bond donors (Lipinski definition) is 2. The van der Waals surface area contributed by atoms with Crippen LogP contribution in [0.3, 0.4) is 0 Å². The van der Waals surface area contributed by atoms with Crippen molar-refractivity contribution in [2.24, 2.45) is 0 Å². The van der Waals surface area contributed by atoms with Crippen LogP contribution in [-0.4, -0.2) is 36.0 Å². The highest BCUT2D eigenvalue weighted by atomic mass is 32.2. The van der Waals surface area contributed by atoms with Gasteiger partial charge in [-0.15, -0.1) is 11.8 Å². The molecule has 0 bridgehead atoms. The monoisotopic (exact) mass is 402 g/mol. The van der Waals surface area contributed by atoms with Crippen LogP contribution in [-0.2, 0) is 9.59 Å². The minimum absolute atomic E-state index is 0.100. The fourth-order valence-corrected chi connectivity index (χ4v) is 2.98. The van der Waals surface area contributed by atoms with Crippen molar-refractivity contribution in [2.75, 3.05) is 28.7 Å². The van der Waals surface area contributed by atoms with Crippen molar-refractivity contribution in [3.05, 3.63) is 48.5 Å². The zero-order valence-corrected chi connectivity index (χ0v) is 17.2. The van der Waals surface area contributed by atoms with E-state index < -0.39 is 0 Å². The van der Waals surface area contributed by atoms with Gasteiger partial charge in [-0.1, -0.05) is 12.1 Å². The molecular weight excluding hydrogens is 376 g/mol. The standard InChI is InChI=1S/C21H26N2O4S/c1-4-26-19-8-6-5-7-18(19)23-21(25)14-28-13-20(24)22-16-9-11-17(12-10-16)27-15(2)3/h5-12,15H,4,13-14H2,1-3H3,(H,22,24)(H,23,25). The number of anilines is 2. The summed E-state index contributed by atoms with van der Waals surface area (Å²) in [5.41, 5.74) is 1.32. The average molecular weight is 403 g/mol. The minimum atomic E-state index is -0.180. The summed E-state index contributed by atoms with van der Waals surface area (Å²) in [4.78, 5) is 24.1. The largest absolute Gasteiger partial charge is 0.492 e. The van der Waals surface area contributed by atoms with Crippen molar-refractivity contribution in [2.45, 2.75) is 26.9 Å². The Balaban J connectivity index is 1.74. The molecule has 2 aromatic rings. The molecule has 0 atom stereocenters. The Bertz CT molecular complexity index is 778. The summed E-state index contributed by atoms with van der Waals surface area (Å²) >= 11 is 1.25. The molecule has 0 heterocycles. The molecule has 2 N–H and O–H groups in total. The number of nitrogens with one attached hydrogen (secondary N) is 2. The number of hydrogen-bond acceptors (Lipinski definition) is 5. The lowest BCUT2D eigenvalue weighted by Crippen LogP contribution is -2.18. The molecule has 0 saturated heterocycles. The Labute approximate surface area is 170 Å². The van der Waals surface area contributed by atoms with Gasteiger partial charge in [-0.05, 0) is 57.2 Å². The van der Waals surface area contributed by atoms with E-state index in [4.69, 9.17) is 9.47 Å². The molecule has 2 aromatic carbocycles. The van der Waals surface area contributed by atoms with Crippen molar-refractivity contribution in [1.29, 1.82) is 0 Å². The lowest BCUT2D eigenvalue weighted by Gasteiger charge is -2.11. The van der Waals surface area contributed by atoms with Crippen LogP contribution in [0.5, 0.6) is 11.5 Å². The van der Waals surface area contributed by atoms with Crippen molar-refractivity contribution in [1.82, 2.24) is 0 Å². The summed E-state index contributed by atoms with van der Waals surface area (Å²) in [5.74, 6) is 1.40. The van der Waals surface area contributed by atoms with Gasteiger partial charge < -0.3 is 20.1 Å². The number of carbonyl (C=O) groups excluding carboxylic acids is 2. The maximum absolute atomic E-state index is 12.1. The number of benzene rings is 2. The number of carbonyl (C=O) groups is 2. The van der Waals surface area contributed by atoms with Gasteiger partial charge in [0.2, 0.25) is 11.8 Å². The van der Waals surface area contributed by atoms with Gasteiger partial charge in [0.1, 0.15) is 11.5 Å². The smallest absolute Gasteiger partial charge is 0.234 e. The molecule has 0 saturated carbocycles. The zero-order chi connectivity index (χ0) is 20.4. The minimum Gasteiger partial charge on any atom is -0.492 e. The van der Waals surface area contributed by atoms with Gasteiger partial charge in [-0.25, -0.2) is 0 Å². The topological polar surface area (TPSA) is 76.7 Å². The molecule has 0 aliphatic heterocycles. The first-order valence-corrected chi connectivity index (χ1v) is 10.3. The molecule has 2 amide bonds. The van der Waals surface area contributed by atoms with Crippen LogP contribution in [0.4, 0.5) is 11.4 Å². The molecule has 0 radical (unpaired) electrons. The zero-order valence-electron chi connectivity index (χ0n) is 16.4. The first-order valence-electron chi connectivity index (χ1n) is 9.14. The summed E-state index contributed by atoms with van der Waals surface area (Å²) in [6, 6.07) is 14.5. The average Bonchev–Trinajstić information content (AvgIpc) is 2.65. The third-order valence-corrected chi connectivity index (χ3v) is 4.37.